The number of benzene rings is 2. The highest BCUT2D eigenvalue weighted by Crippen LogP contribution is 2.57. The van der Waals surface area contributed by atoms with Crippen molar-refractivity contribution in [1.29, 1.82) is 0 Å². The van der Waals surface area contributed by atoms with Gasteiger partial charge in [-0.25, -0.2) is 0 Å². The summed E-state index contributed by atoms with van der Waals surface area (Å²) in [6.45, 7) is 1.34. The molecule has 2 N–H and O–H groups in total. The number of carbonyl (C=O) groups is 1. The Balaban J connectivity index is 1.31. The highest BCUT2D eigenvalue weighted by molar-refractivity contribution is 5.83. The quantitative estimate of drug-likeness (QED) is 0.860. The van der Waals surface area contributed by atoms with Crippen LogP contribution in [-0.4, -0.2) is 28.2 Å². The third-order valence-electron chi connectivity index (χ3n) is 6.94. The van der Waals surface area contributed by atoms with Crippen molar-refractivity contribution in [1.82, 2.24) is 10.2 Å². The van der Waals surface area contributed by atoms with Crippen molar-refractivity contribution < 1.29 is 9.90 Å². The molecular weight excluding hydrogens is 336 g/mol. The summed E-state index contributed by atoms with van der Waals surface area (Å²) in [5.74, 6) is 0.953. The third-order valence-corrected chi connectivity index (χ3v) is 6.94. The molecule has 1 saturated heterocycles. The first kappa shape index (κ1) is 17.0. The second kappa shape index (κ2) is 6.77. The molecule has 4 heteroatoms. The standard InChI is InChI=1S/C23H26N2O2/c26-22-19-17-11-12-18(21(17)24-13-15-7-3-1-4-8-15)20(19)23(27)25(22)14-16-9-5-2-6-10-16/h1-10,17-22,24,26H,11-14H2. The molecule has 140 valence electrons. The van der Waals surface area contributed by atoms with E-state index < -0.39 is 6.23 Å². The van der Waals surface area contributed by atoms with Crippen LogP contribution in [0.2, 0.25) is 0 Å². The van der Waals surface area contributed by atoms with Gasteiger partial charge in [-0.15, -0.1) is 0 Å². The van der Waals surface area contributed by atoms with E-state index in [9.17, 15) is 9.90 Å². The van der Waals surface area contributed by atoms with Gasteiger partial charge in [0.15, 0.2) is 0 Å². The average Bonchev–Trinajstić information content (AvgIpc) is 3.33. The molecule has 3 fully saturated rings. The summed E-state index contributed by atoms with van der Waals surface area (Å²) >= 11 is 0. The van der Waals surface area contributed by atoms with Crippen LogP contribution < -0.4 is 5.32 Å². The summed E-state index contributed by atoms with van der Waals surface area (Å²) in [5.41, 5.74) is 2.35. The fraction of sp³-hybridized carbons (Fsp3) is 0.435. The van der Waals surface area contributed by atoms with Crippen molar-refractivity contribution in [2.45, 2.75) is 38.2 Å². The fourth-order valence-corrected chi connectivity index (χ4v) is 5.82. The van der Waals surface area contributed by atoms with Crippen molar-refractivity contribution in [2.24, 2.45) is 23.7 Å². The molecule has 2 aliphatic carbocycles. The highest BCUT2D eigenvalue weighted by Gasteiger charge is 2.64. The molecule has 1 heterocycles. The van der Waals surface area contributed by atoms with E-state index in [1.807, 2.05) is 36.4 Å². The van der Waals surface area contributed by atoms with Crippen molar-refractivity contribution in [3.63, 3.8) is 0 Å². The normalized spacial score (nSPS) is 34.3. The zero-order chi connectivity index (χ0) is 18.4. The number of nitrogens with zero attached hydrogens (tertiary/aromatic N) is 1. The second-order valence-corrected chi connectivity index (χ2v) is 8.27. The summed E-state index contributed by atoms with van der Waals surface area (Å²) in [5, 5.41) is 14.7. The first-order valence-electron chi connectivity index (χ1n) is 10.0. The van der Waals surface area contributed by atoms with Gasteiger partial charge in [0.05, 0.1) is 0 Å². The lowest BCUT2D eigenvalue weighted by atomic mass is 9.81. The SMILES string of the molecule is O=C1C2C3CCC(C3NCc3ccccc3)C2C(O)N1Cc1ccccc1. The van der Waals surface area contributed by atoms with E-state index in [0.717, 1.165) is 24.9 Å². The molecule has 5 rings (SSSR count). The minimum absolute atomic E-state index is 0.0178. The van der Waals surface area contributed by atoms with E-state index in [0.29, 0.717) is 24.4 Å². The maximum absolute atomic E-state index is 13.1. The predicted octanol–water partition coefficient (Wildman–Crippen LogP) is 2.78. The van der Waals surface area contributed by atoms with E-state index >= 15 is 0 Å². The summed E-state index contributed by atoms with van der Waals surface area (Å²) in [6.07, 6.45) is 1.55. The number of nitrogens with one attached hydrogen (secondary N) is 1. The van der Waals surface area contributed by atoms with Gasteiger partial charge in [-0.3, -0.25) is 4.79 Å². The van der Waals surface area contributed by atoms with Gasteiger partial charge in [0, 0.05) is 31.0 Å². The van der Waals surface area contributed by atoms with Crippen LogP contribution in [0.15, 0.2) is 60.7 Å². The van der Waals surface area contributed by atoms with Crippen LogP contribution in [0.4, 0.5) is 0 Å². The number of fused-ring (bicyclic) bond motifs is 5. The van der Waals surface area contributed by atoms with Crippen LogP contribution in [0.25, 0.3) is 0 Å². The van der Waals surface area contributed by atoms with E-state index in [1.165, 1.54) is 5.56 Å². The number of aliphatic hydroxyl groups excluding tert-OH is 1. The van der Waals surface area contributed by atoms with Crippen LogP contribution in [0.3, 0.4) is 0 Å². The van der Waals surface area contributed by atoms with Crippen LogP contribution in [0.1, 0.15) is 24.0 Å². The topological polar surface area (TPSA) is 52.6 Å². The molecule has 1 aliphatic heterocycles. The van der Waals surface area contributed by atoms with Gasteiger partial charge in [-0.1, -0.05) is 60.7 Å². The van der Waals surface area contributed by atoms with Crippen molar-refractivity contribution in [2.75, 3.05) is 0 Å². The lowest BCUT2D eigenvalue weighted by Gasteiger charge is -2.28. The molecule has 2 saturated carbocycles. The van der Waals surface area contributed by atoms with Crippen molar-refractivity contribution in [3.8, 4) is 0 Å². The van der Waals surface area contributed by atoms with Gasteiger partial charge >= 0.3 is 0 Å². The van der Waals surface area contributed by atoms with Gasteiger partial charge in [0.25, 0.3) is 0 Å². The summed E-state index contributed by atoms with van der Waals surface area (Å²) in [6, 6.07) is 20.7. The van der Waals surface area contributed by atoms with Gasteiger partial charge in [-0.2, -0.15) is 0 Å². The predicted molar refractivity (Wildman–Crippen MR) is 103 cm³/mol. The monoisotopic (exact) mass is 362 g/mol. The maximum Gasteiger partial charge on any atom is 0.228 e. The Morgan fingerprint density at radius 1 is 0.926 bits per heavy atom. The summed E-state index contributed by atoms with van der Waals surface area (Å²) in [7, 11) is 0. The zero-order valence-electron chi connectivity index (χ0n) is 15.4. The molecule has 4 nitrogen and oxygen atoms in total. The third kappa shape index (κ3) is 2.79. The Bertz CT molecular complexity index is 810. The smallest absolute Gasteiger partial charge is 0.228 e. The lowest BCUT2D eigenvalue weighted by Crippen LogP contribution is -2.41. The maximum atomic E-state index is 13.1. The van der Waals surface area contributed by atoms with Crippen molar-refractivity contribution >= 4 is 5.91 Å². The molecule has 1 amide bonds. The number of rotatable bonds is 5. The van der Waals surface area contributed by atoms with E-state index in [2.05, 4.69) is 29.6 Å². The van der Waals surface area contributed by atoms with E-state index in [-0.39, 0.29) is 17.7 Å². The fourth-order valence-electron chi connectivity index (χ4n) is 5.82. The number of hydrogen-bond donors (Lipinski definition) is 2. The Hall–Kier alpha value is -2.17. The van der Waals surface area contributed by atoms with E-state index in [1.54, 1.807) is 4.90 Å². The molecule has 6 unspecified atom stereocenters. The van der Waals surface area contributed by atoms with Gasteiger partial charge in [-0.05, 0) is 35.8 Å². The number of likely N-dealkylation sites (tertiary alicyclic amines) is 1. The first-order chi connectivity index (χ1) is 13.2. The Labute approximate surface area is 160 Å². The van der Waals surface area contributed by atoms with Gasteiger partial charge in [0.1, 0.15) is 6.23 Å². The van der Waals surface area contributed by atoms with Gasteiger partial charge < -0.3 is 15.3 Å². The average molecular weight is 362 g/mol. The largest absolute Gasteiger partial charge is 0.373 e. The molecule has 2 aromatic rings. The second-order valence-electron chi connectivity index (χ2n) is 8.27. The number of carbonyl (C=O) groups excluding carboxylic acids is 1. The zero-order valence-corrected chi connectivity index (χ0v) is 15.4. The first-order valence-corrected chi connectivity index (χ1v) is 10.0. The number of amides is 1. The molecule has 27 heavy (non-hydrogen) atoms. The molecular formula is C23H26N2O2. The Morgan fingerprint density at radius 2 is 1.56 bits per heavy atom. The molecule has 0 spiro atoms. The van der Waals surface area contributed by atoms with Crippen LogP contribution >= 0.6 is 0 Å². The molecule has 0 aromatic heterocycles. The Morgan fingerprint density at radius 3 is 2.22 bits per heavy atom. The van der Waals surface area contributed by atoms with Crippen LogP contribution in [0.5, 0.6) is 0 Å². The molecule has 2 aromatic carbocycles. The van der Waals surface area contributed by atoms with Gasteiger partial charge in [0.2, 0.25) is 5.91 Å². The summed E-state index contributed by atoms with van der Waals surface area (Å²) < 4.78 is 0. The Kier molecular flexibility index (Phi) is 4.25. The summed E-state index contributed by atoms with van der Waals surface area (Å²) in [4.78, 5) is 14.9. The molecule has 6 atom stereocenters. The minimum atomic E-state index is -0.654. The molecule has 0 radical (unpaired) electrons. The molecule has 3 aliphatic rings. The lowest BCUT2D eigenvalue weighted by molar-refractivity contribution is -0.137. The highest BCUT2D eigenvalue weighted by atomic mass is 16.3. The number of aliphatic hydroxyl groups is 1. The van der Waals surface area contributed by atoms with Crippen LogP contribution in [-0.2, 0) is 17.9 Å². The number of hydrogen-bond acceptors (Lipinski definition) is 3. The van der Waals surface area contributed by atoms with E-state index in [4.69, 9.17) is 0 Å². The molecule has 2 bridgehead atoms. The van der Waals surface area contributed by atoms with Crippen LogP contribution in [0, 0.1) is 23.7 Å². The van der Waals surface area contributed by atoms with Crippen molar-refractivity contribution in [3.05, 3.63) is 71.8 Å². The minimum Gasteiger partial charge on any atom is -0.373 e.